The minimum atomic E-state index is -0.568. The Morgan fingerprint density at radius 2 is 0.776 bits per heavy atom. The highest BCUT2D eigenvalue weighted by atomic mass is 16.6. The third kappa shape index (κ3) is 45.5. The van der Waals surface area contributed by atoms with E-state index < -0.39 is 6.10 Å². The van der Waals surface area contributed by atoms with Crippen LogP contribution in [0.25, 0.3) is 0 Å². The quantitative estimate of drug-likeness (QED) is 0.0349. The van der Waals surface area contributed by atoms with Crippen molar-refractivity contribution in [1.29, 1.82) is 0 Å². The molecule has 58 heavy (non-hydrogen) atoms. The van der Waals surface area contributed by atoms with Crippen LogP contribution >= 0.6 is 0 Å². The summed E-state index contributed by atoms with van der Waals surface area (Å²) < 4.78 is 17.3. The summed E-state index contributed by atoms with van der Waals surface area (Å²) in [4.78, 5) is 25.3. The first-order chi connectivity index (χ1) is 28.6. The molecule has 0 radical (unpaired) electrons. The molecule has 0 aliphatic rings. The molecule has 0 saturated carbocycles. The molecule has 5 heteroatoms. The topological polar surface area (TPSA) is 61.8 Å². The summed E-state index contributed by atoms with van der Waals surface area (Å²) >= 11 is 0. The standard InChI is InChI=1S/C53H88O5/c1-4-7-10-13-16-19-22-24-26-28-30-33-36-39-42-45-48-56-49-51(58-53(55)47-44-41-38-35-31-21-18-15-12-9-6-3)50-57-52(54)46-43-40-37-34-32-29-27-25-23-20-17-14-11-8-5-2/h7-8,10-11,15-20,24-27,32,34,51H,4-6,9,12-14,21-23,28-31,33,35-50H2,1-3H3/b10-7-,11-8-,18-15-,19-16-,20-17-,26-24-,27-25-,34-32-. The lowest BCUT2D eigenvalue weighted by atomic mass is 10.1. The van der Waals surface area contributed by atoms with Crippen molar-refractivity contribution in [2.24, 2.45) is 0 Å². The average molecular weight is 805 g/mol. The van der Waals surface area contributed by atoms with Gasteiger partial charge in [0.15, 0.2) is 6.10 Å². The van der Waals surface area contributed by atoms with Crippen LogP contribution in [0.2, 0.25) is 0 Å². The molecule has 0 aromatic rings. The first kappa shape index (κ1) is 54.8. The Balaban J connectivity index is 4.36. The van der Waals surface area contributed by atoms with Gasteiger partial charge in [-0.1, -0.05) is 176 Å². The minimum absolute atomic E-state index is 0.0499. The molecular weight excluding hydrogens is 717 g/mol. The van der Waals surface area contributed by atoms with Crippen LogP contribution in [0.5, 0.6) is 0 Å². The maximum atomic E-state index is 12.7. The maximum Gasteiger partial charge on any atom is 0.306 e. The van der Waals surface area contributed by atoms with Gasteiger partial charge in [-0.15, -0.1) is 0 Å². The summed E-state index contributed by atoms with van der Waals surface area (Å²) in [6.07, 6.45) is 64.1. The van der Waals surface area contributed by atoms with E-state index in [0.29, 0.717) is 19.4 Å². The van der Waals surface area contributed by atoms with Crippen LogP contribution in [0.3, 0.4) is 0 Å². The summed E-state index contributed by atoms with van der Waals surface area (Å²) in [5.41, 5.74) is 0. The predicted molar refractivity (Wildman–Crippen MR) is 251 cm³/mol. The van der Waals surface area contributed by atoms with E-state index in [2.05, 4.69) is 118 Å². The molecule has 5 nitrogen and oxygen atoms in total. The van der Waals surface area contributed by atoms with E-state index in [4.69, 9.17) is 14.2 Å². The van der Waals surface area contributed by atoms with Gasteiger partial charge < -0.3 is 14.2 Å². The van der Waals surface area contributed by atoms with Crippen LogP contribution in [-0.4, -0.2) is 37.9 Å². The number of rotatable bonds is 42. The molecule has 0 spiro atoms. The molecule has 0 aromatic heterocycles. The Labute approximate surface area is 358 Å². The van der Waals surface area contributed by atoms with Crippen LogP contribution in [-0.2, 0) is 23.8 Å². The van der Waals surface area contributed by atoms with Crippen molar-refractivity contribution in [3.8, 4) is 0 Å². The summed E-state index contributed by atoms with van der Waals surface area (Å²) in [5, 5.41) is 0. The van der Waals surface area contributed by atoms with E-state index in [1.165, 1.54) is 57.8 Å². The van der Waals surface area contributed by atoms with Gasteiger partial charge in [-0.25, -0.2) is 0 Å². The first-order valence-electron chi connectivity index (χ1n) is 23.8. The molecule has 0 N–H and O–H groups in total. The average Bonchev–Trinajstić information content (AvgIpc) is 3.22. The Morgan fingerprint density at radius 3 is 1.29 bits per heavy atom. The SMILES string of the molecule is CC/C=C\C/C=C\C/C=C\C/C=C\CCCCC(=O)OCC(COCCCCCCCC/C=C\C/C=C\C/C=C\CC)OC(=O)CCCCCCC/C=C\CCCC. The van der Waals surface area contributed by atoms with E-state index in [1.807, 2.05) is 0 Å². The molecule has 0 aliphatic heterocycles. The van der Waals surface area contributed by atoms with Gasteiger partial charge in [0.1, 0.15) is 6.61 Å². The molecule has 330 valence electrons. The van der Waals surface area contributed by atoms with Crippen molar-refractivity contribution in [3.63, 3.8) is 0 Å². The molecule has 1 unspecified atom stereocenters. The maximum absolute atomic E-state index is 12.7. The number of unbranched alkanes of at least 4 members (excludes halogenated alkanes) is 15. The highest BCUT2D eigenvalue weighted by Crippen LogP contribution is 2.12. The van der Waals surface area contributed by atoms with Crippen molar-refractivity contribution in [3.05, 3.63) is 97.2 Å². The molecule has 1 atom stereocenters. The number of ether oxygens (including phenoxy) is 3. The van der Waals surface area contributed by atoms with Gasteiger partial charge in [-0.05, 0) is 109 Å². The third-order valence-corrected chi connectivity index (χ3v) is 9.58. The molecule has 0 aliphatic carbocycles. The number of hydrogen-bond acceptors (Lipinski definition) is 5. The molecule has 0 heterocycles. The fourth-order valence-corrected chi connectivity index (χ4v) is 6.08. The van der Waals surface area contributed by atoms with Crippen molar-refractivity contribution >= 4 is 11.9 Å². The van der Waals surface area contributed by atoms with E-state index in [-0.39, 0.29) is 25.2 Å². The van der Waals surface area contributed by atoms with Crippen molar-refractivity contribution in [1.82, 2.24) is 0 Å². The molecular formula is C53H88O5. The van der Waals surface area contributed by atoms with Crippen molar-refractivity contribution in [2.45, 2.75) is 207 Å². The highest BCUT2D eigenvalue weighted by molar-refractivity contribution is 5.70. The van der Waals surface area contributed by atoms with Crippen molar-refractivity contribution < 1.29 is 23.8 Å². The van der Waals surface area contributed by atoms with Gasteiger partial charge in [-0.3, -0.25) is 9.59 Å². The van der Waals surface area contributed by atoms with E-state index >= 15 is 0 Å². The fourth-order valence-electron chi connectivity index (χ4n) is 6.08. The molecule has 0 saturated heterocycles. The van der Waals surface area contributed by atoms with Crippen LogP contribution in [0, 0.1) is 0 Å². The first-order valence-corrected chi connectivity index (χ1v) is 23.8. The Hall–Kier alpha value is -3.18. The summed E-state index contributed by atoms with van der Waals surface area (Å²) in [6, 6.07) is 0. The molecule has 0 bridgehead atoms. The lowest BCUT2D eigenvalue weighted by molar-refractivity contribution is -0.163. The Kier molecular flexibility index (Phi) is 45.5. The van der Waals surface area contributed by atoms with Gasteiger partial charge in [0.2, 0.25) is 0 Å². The normalized spacial score (nSPS) is 13.1. The highest BCUT2D eigenvalue weighted by Gasteiger charge is 2.17. The third-order valence-electron chi connectivity index (χ3n) is 9.58. The molecule has 0 aromatic carbocycles. The summed E-state index contributed by atoms with van der Waals surface area (Å²) in [6.45, 7) is 7.47. The fraction of sp³-hybridized carbons (Fsp3) is 0.660. The summed E-state index contributed by atoms with van der Waals surface area (Å²) in [7, 11) is 0. The second kappa shape index (κ2) is 48.2. The second-order valence-corrected chi connectivity index (χ2v) is 15.2. The number of allylic oxidation sites excluding steroid dienone is 16. The van der Waals surface area contributed by atoms with Gasteiger partial charge in [-0.2, -0.15) is 0 Å². The largest absolute Gasteiger partial charge is 0.462 e. The molecule has 0 rings (SSSR count). The Bertz CT molecular complexity index is 1140. The van der Waals surface area contributed by atoms with Crippen LogP contribution in [0.15, 0.2) is 97.2 Å². The number of hydrogen-bond donors (Lipinski definition) is 0. The van der Waals surface area contributed by atoms with Gasteiger partial charge >= 0.3 is 11.9 Å². The minimum Gasteiger partial charge on any atom is -0.462 e. The van der Waals surface area contributed by atoms with Crippen LogP contribution < -0.4 is 0 Å². The zero-order chi connectivity index (χ0) is 42.1. The number of esters is 2. The van der Waals surface area contributed by atoms with Gasteiger partial charge in [0.05, 0.1) is 6.61 Å². The second-order valence-electron chi connectivity index (χ2n) is 15.2. The van der Waals surface area contributed by atoms with Crippen LogP contribution in [0.4, 0.5) is 0 Å². The lowest BCUT2D eigenvalue weighted by Gasteiger charge is -2.18. The molecule has 0 fully saturated rings. The lowest BCUT2D eigenvalue weighted by Crippen LogP contribution is -2.30. The monoisotopic (exact) mass is 805 g/mol. The zero-order valence-corrected chi connectivity index (χ0v) is 37.8. The smallest absolute Gasteiger partial charge is 0.306 e. The zero-order valence-electron chi connectivity index (χ0n) is 37.8. The van der Waals surface area contributed by atoms with Gasteiger partial charge in [0.25, 0.3) is 0 Å². The molecule has 0 amide bonds. The Morgan fingerprint density at radius 1 is 0.397 bits per heavy atom. The predicted octanol–water partition coefficient (Wildman–Crippen LogP) is 15.9. The van der Waals surface area contributed by atoms with Crippen molar-refractivity contribution in [2.75, 3.05) is 19.8 Å². The van der Waals surface area contributed by atoms with Gasteiger partial charge in [0, 0.05) is 19.4 Å². The van der Waals surface area contributed by atoms with E-state index in [9.17, 15) is 9.59 Å². The summed E-state index contributed by atoms with van der Waals surface area (Å²) in [5.74, 6) is -0.471. The van der Waals surface area contributed by atoms with E-state index in [0.717, 1.165) is 109 Å². The number of carbonyl (C=O) groups is 2. The van der Waals surface area contributed by atoms with Crippen LogP contribution in [0.1, 0.15) is 201 Å². The van der Waals surface area contributed by atoms with E-state index in [1.54, 1.807) is 0 Å². The number of carbonyl (C=O) groups excluding carboxylic acids is 2.